The van der Waals surface area contributed by atoms with Gasteiger partial charge in [-0.05, 0) is 28.6 Å². The fraction of sp³-hybridized carbons (Fsp3) is 0.111. The lowest BCUT2D eigenvalue weighted by molar-refractivity contribution is 0.0988. The quantitative estimate of drug-likeness (QED) is 0.650. The van der Waals surface area contributed by atoms with Gasteiger partial charge in [-0.15, -0.1) is 0 Å². The lowest BCUT2D eigenvalue weighted by Gasteiger charge is -2.08. The Morgan fingerprint density at radius 2 is 1.95 bits per heavy atom. The molecule has 1 aromatic heterocycles. The summed E-state index contributed by atoms with van der Waals surface area (Å²) in [6, 6.07) is 16.0. The molecule has 0 aliphatic carbocycles. The van der Waals surface area contributed by atoms with Crippen LogP contribution in [0.25, 0.3) is 21.9 Å². The number of aromatic nitrogens is 1. The molecular formula is C18H15NO. The van der Waals surface area contributed by atoms with Crippen molar-refractivity contribution in [3.63, 3.8) is 0 Å². The SMILES string of the molecule is CCC(=O)c1cccc(-c2cccc3cnccc23)c1. The smallest absolute Gasteiger partial charge is 0.162 e. The van der Waals surface area contributed by atoms with Crippen molar-refractivity contribution < 1.29 is 4.79 Å². The number of benzene rings is 2. The van der Waals surface area contributed by atoms with Crippen LogP contribution in [0.3, 0.4) is 0 Å². The molecule has 2 nitrogen and oxygen atoms in total. The average molecular weight is 261 g/mol. The van der Waals surface area contributed by atoms with Crippen molar-refractivity contribution >= 4 is 16.6 Å². The summed E-state index contributed by atoms with van der Waals surface area (Å²) in [7, 11) is 0. The van der Waals surface area contributed by atoms with Crippen LogP contribution in [0.5, 0.6) is 0 Å². The van der Waals surface area contributed by atoms with Crippen molar-refractivity contribution in [3.8, 4) is 11.1 Å². The Bertz CT molecular complexity index is 772. The standard InChI is InChI=1S/C18H15NO/c1-2-18(20)14-6-3-5-13(11-14)16-8-4-7-15-12-19-10-9-17(15)16/h3-12H,2H2,1H3. The molecule has 0 N–H and O–H groups in total. The summed E-state index contributed by atoms with van der Waals surface area (Å²) in [5.41, 5.74) is 2.98. The number of fused-ring (bicyclic) bond motifs is 1. The third-order valence-electron chi connectivity index (χ3n) is 3.50. The third kappa shape index (κ3) is 2.21. The van der Waals surface area contributed by atoms with Crippen LogP contribution in [0.2, 0.25) is 0 Å². The van der Waals surface area contributed by atoms with Crippen LogP contribution in [0, 0.1) is 0 Å². The van der Waals surface area contributed by atoms with Crippen LogP contribution < -0.4 is 0 Å². The Balaban J connectivity index is 2.18. The normalized spacial score (nSPS) is 10.7. The zero-order valence-corrected chi connectivity index (χ0v) is 11.3. The van der Waals surface area contributed by atoms with Gasteiger partial charge in [0.25, 0.3) is 0 Å². The minimum atomic E-state index is 0.175. The molecule has 20 heavy (non-hydrogen) atoms. The Kier molecular flexibility index (Phi) is 3.30. The second kappa shape index (κ2) is 5.25. The summed E-state index contributed by atoms with van der Waals surface area (Å²) in [5, 5.41) is 2.26. The summed E-state index contributed by atoms with van der Waals surface area (Å²) in [4.78, 5) is 16.0. The molecule has 0 unspecified atom stereocenters. The molecule has 0 saturated heterocycles. The molecule has 0 bridgehead atoms. The van der Waals surface area contributed by atoms with Gasteiger partial charge < -0.3 is 0 Å². The number of rotatable bonds is 3. The fourth-order valence-electron chi connectivity index (χ4n) is 2.44. The summed E-state index contributed by atoms with van der Waals surface area (Å²) in [6.07, 6.45) is 4.19. The second-order valence-electron chi connectivity index (χ2n) is 4.76. The summed E-state index contributed by atoms with van der Waals surface area (Å²) in [6.45, 7) is 1.89. The molecule has 0 aliphatic heterocycles. The largest absolute Gasteiger partial charge is 0.294 e. The number of carbonyl (C=O) groups excluding carboxylic acids is 1. The summed E-state index contributed by atoms with van der Waals surface area (Å²) < 4.78 is 0. The molecule has 2 aromatic carbocycles. The molecule has 1 heterocycles. The molecule has 0 atom stereocenters. The Labute approximate surface area is 118 Å². The third-order valence-corrected chi connectivity index (χ3v) is 3.50. The predicted octanol–water partition coefficient (Wildman–Crippen LogP) is 4.49. The number of Topliss-reactive ketones (excluding diaryl/α,β-unsaturated/α-hetero) is 1. The number of pyridine rings is 1. The van der Waals surface area contributed by atoms with E-state index in [-0.39, 0.29) is 5.78 Å². The highest BCUT2D eigenvalue weighted by atomic mass is 16.1. The number of carbonyl (C=O) groups is 1. The minimum absolute atomic E-state index is 0.175. The van der Waals surface area contributed by atoms with Crippen molar-refractivity contribution in [1.82, 2.24) is 4.98 Å². The van der Waals surface area contributed by atoms with Gasteiger partial charge in [-0.3, -0.25) is 9.78 Å². The van der Waals surface area contributed by atoms with Gasteiger partial charge in [-0.1, -0.05) is 43.3 Å². The van der Waals surface area contributed by atoms with E-state index in [1.807, 2.05) is 55.6 Å². The summed E-state index contributed by atoms with van der Waals surface area (Å²) >= 11 is 0. The maximum atomic E-state index is 11.9. The first-order valence-electron chi connectivity index (χ1n) is 6.76. The van der Waals surface area contributed by atoms with Crippen molar-refractivity contribution in [1.29, 1.82) is 0 Å². The number of ketones is 1. The van der Waals surface area contributed by atoms with Crippen LogP contribution in [-0.2, 0) is 0 Å². The van der Waals surface area contributed by atoms with Gasteiger partial charge in [0.15, 0.2) is 5.78 Å². The lowest BCUT2D eigenvalue weighted by atomic mass is 9.97. The van der Waals surface area contributed by atoms with E-state index in [1.165, 1.54) is 0 Å². The van der Waals surface area contributed by atoms with E-state index in [1.54, 1.807) is 6.20 Å². The van der Waals surface area contributed by atoms with Gasteiger partial charge in [-0.25, -0.2) is 0 Å². The Morgan fingerprint density at radius 1 is 1.10 bits per heavy atom. The maximum Gasteiger partial charge on any atom is 0.162 e. The number of hydrogen-bond acceptors (Lipinski definition) is 2. The highest BCUT2D eigenvalue weighted by Crippen LogP contribution is 2.28. The van der Waals surface area contributed by atoms with Crippen LogP contribution in [-0.4, -0.2) is 10.8 Å². The van der Waals surface area contributed by atoms with Crippen LogP contribution in [0.4, 0.5) is 0 Å². The molecule has 0 amide bonds. The van der Waals surface area contributed by atoms with E-state index in [0.29, 0.717) is 6.42 Å². The second-order valence-corrected chi connectivity index (χ2v) is 4.76. The van der Waals surface area contributed by atoms with Crippen LogP contribution in [0.15, 0.2) is 60.9 Å². The minimum Gasteiger partial charge on any atom is -0.294 e. The van der Waals surface area contributed by atoms with Gasteiger partial charge in [0.1, 0.15) is 0 Å². The maximum absolute atomic E-state index is 11.9. The van der Waals surface area contributed by atoms with Gasteiger partial charge >= 0.3 is 0 Å². The molecule has 0 radical (unpaired) electrons. The van der Waals surface area contributed by atoms with E-state index in [4.69, 9.17) is 0 Å². The van der Waals surface area contributed by atoms with Crippen molar-refractivity contribution in [2.24, 2.45) is 0 Å². The van der Waals surface area contributed by atoms with Gasteiger partial charge in [0.05, 0.1) is 0 Å². The topological polar surface area (TPSA) is 30.0 Å². The van der Waals surface area contributed by atoms with Gasteiger partial charge in [0.2, 0.25) is 0 Å². The molecule has 0 spiro atoms. The van der Waals surface area contributed by atoms with E-state index in [9.17, 15) is 4.79 Å². The molecule has 0 fully saturated rings. The number of nitrogens with zero attached hydrogens (tertiary/aromatic N) is 1. The van der Waals surface area contributed by atoms with E-state index < -0.39 is 0 Å². The highest BCUT2D eigenvalue weighted by Gasteiger charge is 2.07. The molecule has 2 heteroatoms. The van der Waals surface area contributed by atoms with Crippen molar-refractivity contribution in [2.45, 2.75) is 13.3 Å². The van der Waals surface area contributed by atoms with E-state index >= 15 is 0 Å². The molecular weight excluding hydrogens is 246 g/mol. The Morgan fingerprint density at radius 3 is 2.80 bits per heavy atom. The highest BCUT2D eigenvalue weighted by molar-refractivity contribution is 6.00. The van der Waals surface area contributed by atoms with Gasteiger partial charge in [-0.2, -0.15) is 0 Å². The Hall–Kier alpha value is -2.48. The number of hydrogen-bond donors (Lipinski definition) is 0. The van der Waals surface area contributed by atoms with E-state index in [2.05, 4.69) is 11.1 Å². The summed E-state index contributed by atoms with van der Waals surface area (Å²) in [5.74, 6) is 0.175. The first-order chi connectivity index (χ1) is 9.79. The fourth-order valence-corrected chi connectivity index (χ4v) is 2.44. The first-order valence-corrected chi connectivity index (χ1v) is 6.76. The predicted molar refractivity (Wildman–Crippen MR) is 81.8 cm³/mol. The molecule has 98 valence electrons. The molecule has 0 aliphatic rings. The zero-order valence-electron chi connectivity index (χ0n) is 11.3. The molecule has 3 rings (SSSR count). The first kappa shape index (κ1) is 12.5. The van der Waals surface area contributed by atoms with Crippen molar-refractivity contribution in [3.05, 3.63) is 66.5 Å². The van der Waals surface area contributed by atoms with E-state index in [0.717, 1.165) is 27.5 Å². The van der Waals surface area contributed by atoms with Crippen LogP contribution >= 0.6 is 0 Å². The van der Waals surface area contributed by atoms with Crippen molar-refractivity contribution in [2.75, 3.05) is 0 Å². The molecule has 3 aromatic rings. The molecule has 0 saturated carbocycles. The lowest BCUT2D eigenvalue weighted by Crippen LogP contribution is -1.96. The van der Waals surface area contributed by atoms with Gasteiger partial charge in [0, 0.05) is 29.8 Å². The zero-order chi connectivity index (χ0) is 13.9. The van der Waals surface area contributed by atoms with Crippen LogP contribution in [0.1, 0.15) is 23.7 Å². The average Bonchev–Trinajstić information content (AvgIpc) is 2.53. The monoisotopic (exact) mass is 261 g/mol.